The van der Waals surface area contributed by atoms with Gasteiger partial charge in [0.25, 0.3) is 0 Å². The molecule has 0 aliphatic carbocycles. The third-order valence-electron chi connectivity index (χ3n) is 3.89. The molecule has 5 nitrogen and oxygen atoms in total. The molecule has 2 rings (SSSR count). The number of allylic oxidation sites excluding steroid dienone is 1. The fraction of sp³-hybridized carbons (Fsp3) is 0.100. The Labute approximate surface area is 206 Å². The highest BCUT2D eigenvalue weighted by atomic mass is 16.5. The summed E-state index contributed by atoms with van der Waals surface area (Å²) >= 11 is 0. The summed E-state index contributed by atoms with van der Waals surface area (Å²) < 4.78 is 10.2. The molecule has 0 spiro atoms. The molecule has 0 heterocycles. The first kappa shape index (κ1) is 28.0. The maximum atomic E-state index is 12.3. The van der Waals surface area contributed by atoms with Crippen molar-refractivity contribution in [1.82, 2.24) is 0 Å². The maximum Gasteiger partial charge on any atom is 0.338 e. The monoisotopic (exact) mass is 464 g/mol. The van der Waals surface area contributed by atoms with E-state index in [2.05, 4.69) is 42.8 Å². The molecule has 2 aromatic carbocycles. The van der Waals surface area contributed by atoms with Crippen LogP contribution in [0.15, 0.2) is 78.9 Å². The highest BCUT2D eigenvalue weighted by molar-refractivity contribution is 6.06. The smallest absolute Gasteiger partial charge is 0.338 e. The van der Waals surface area contributed by atoms with E-state index in [0.717, 1.165) is 5.56 Å². The normalized spacial score (nSPS) is 8.97. The molecule has 0 unspecified atom stereocenters. The summed E-state index contributed by atoms with van der Waals surface area (Å²) in [5, 5.41) is 0. The highest BCUT2D eigenvalue weighted by Crippen LogP contribution is 2.16. The second kappa shape index (κ2) is 14.9. The lowest BCUT2D eigenvalue weighted by Gasteiger charge is -2.04. The average molecular weight is 465 g/mol. The second-order valence-electron chi connectivity index (χ2n) is 6.90. The number of benzene rings is 2. The molecule has 0 radical (unpaired) electrons. The van der Waals surface area contributed by atoms with Crippen molar-refractivity contribution >= 4 is 23.8 Å². The van der Waals surface area contributed by atoms with Gasteiger partial charge in [0.2, 0.25) is 0 Å². The first-order chi connectivity index (χ1) is 16.7. The molecule has 0 saturated heterocycles. The van der Waals surface area contributed by atoms with Crippen LogP contribution in [-0.2, 0) is 9.59 Å². The van der Waals surface area contributed by atoms with Crippen LogP contribution in [0.4, 0.5) is 0 Å². The third kappa shape index (κ3) is 10.9. The van der Waals surface area contributed by atoms with Gasteiger partial charge in [-0.25, -0.2) is 9.59 Å². The first-order valence-electron chi connectivity index (χ1n) is 10.2. The van der Waals surface area contributed by atoms with Gasteiger partial charge in [-0.15, -0.1) is 6.42 Å². The van der Waals surface area contributed by atoms with Crippen molar-refractivity contribution in [2.75, 3.05) is 0 Å². The third-order valence-corrected chi connectivity index (χ3v) is 3.89. The molecule has 0 atom stereocenters. The summed E-state index contributed by atoms with van der Waals surface area (Å²) in [6.07, 6.45) is 7.87. The van der Waals surface area contributed by atoms with Crippen LogP contribution in [0.2, 0.25) is 0 Å². The molecule has 5 heteroatoms. The van der Waals surface area contributed by atoms with Gasteiger partial charge in [-0.05, 0) is 92.5 Å². The van der Waals surface area contributed by atoms with Gasteiger partial charge in [0.1, 0.15) is 11.5 Å². The van der Waals surface area contributed by atoms with E-state index >= 15 is 0 Å². The summed E-state index contributed by atoms with van der Waals surface area (Å²) in [6.45, 7) is 11.9. The molecular weight excluding hydrogens is 440 g/mol. The quantitative estimate of drug-likeness (QED) is 0.185. The second-order valence-corrected chi connectivity index (χ2v) is 6.90. The zero-order valence-corrected chi connectivity index (χ0v) is 19.8. The van der Waals surface area contributed by atoms with E-state index in [1.165, 1.54) is 6.08 Å². The maximum absolute atomic E-state index is 12.3. The number of ketones is 1. The van der Waals surface area contributed by atoms with Gasteiger partial charge in [-0.1, -0.05) is 37.3 Å². The molecule has 0 N–H and O–H groups in total. The van der Waals surface area contributed by atoms with E-state index in [1.807, 2.05) is 0 Å². The van der Waals surface area contributed by atoms with Crippen molar-refractivity contribution in [2.24, 2.45) is 0 Å². The summed E-state index contributed by atoms with van der Waals surface area (Å²) in [4.78, 5) is 35.2. The highest BCUT2D eigenvalue weighted by Gasteiger charge is 2.07. The summed E-state index contributed by atoms with van der Waals surface area (Å²) in [7, 11) is 0. The van der Waals surface area contributed by atoms with Gasteiger partial charge in [-0.3, -0.25) is 4.79 Å². The van der Waals surface area contributed by atoms with Crippen molar-refractivity contribution < 1.29 is 23.9 Å². The topological polar surface area (TPSA) is 69.7 Å². The Morgan fingerprint density at radius 3 is 1.71 bits per heavy atom. The van der Waals surface area contributed by atoms with Crippen LogP contribution in [0.1, 0.15) is 36.7 Å². The van der Waals surface area contributed by atoms with Crippen LogP contribution < -0.4 is 9.47 Å². The predicted octanol–water partition coefficient (Wildman–Crippen LogP) is 5.19. The van der Waals surface area contributed by atoms with Gasteiger partial charge < -0.3 is 9.47 Å². The largest absolute Gasteiger partial charge is 0.423 e. The lowest BCUT2D eigenvalue weighted by atomic mass is 10.1. The summed E-state index contributed by atoms with van der Waals surface area (Å²) in [6, 6.07) is 13.0. The van der Waals surface area contributed by atoms with Crippen LogP contribution in [-0.4, -0.2) is 17.7 Å². The standard InChI is InChI=1S/C23H20O5.C7H4/c1-15(2)22(25)27-19-10-5-17(6-11-19)7-14-21(24)18-8-12-20(13-9-18)28-23(26)16(3)4;1-3-5-7-6-4-2/h5-14H,1,3H2,2,4H3;1H,2H3/b14-7+;. The molecule has 35 heavy (non-hydrogen) atoms. The molecule has 174 valence electrons. The Morgan fingerprint density at radius 2 is 1.29 bits per heavy atom. The Hall–Kier alpha value is -5.05. The number of rotatable bonds is 7. The number of esters is 2. The molecule has 2 aromatic rings. The lowest BCUT2D eigenvalue weighted by Crippen LogP contribution is -2.08. The first-order valence-corrected chi connectivity index (χ1v) is 10.2. The summed E-state index contributed by atoms with van der Waals surface area (Å²) in [5.41, 5.74) is 1.84. The fourth-order valence-corrected chi connectivity index (χ4v) is 2.12. The van der Waals surface area contributed by atoms with Crippen LogP contribution in [0, 0.1) is 36.0 Å². The van der Waals surface area contributed by atoms with Gasteiger partial charge in [0.15, 0.2) is 5.78 Å². The minimum Gasteiger partial charge on any atom is -0.423 e. The van der Waals surface area contributed by atoms with Crippen molar-refractivity contribution in [1.29, 1.82) is 0 Å². The number of hydrogen-bond acceptors (Lipinski definition) is 5. The Balaban J connectivity index is 0.000000762. The SMILES string of the molecule is C#CC#CC#CC.C=C(C)C(=O)Oc1ccc(/C=C/C(=O)c2ccc(OC(=O)C(=C)C)cc2)cc1. The van der Waals surface area contributed by atoms with Crippen molar-refractivity contribution in [3.8, 4) is 47.5 Å². The van der Waals surface area contributed by atoms with Gasteiger partial charge in [0, 0.05) is 16.7 Å². The molecule has 0 aliphatic heterocycles. The number of carbonyl (C=O) groups is 3. The molecule has 0 amide bonds. The molecule has 0 bridgehead atoms. The van der Waals surface area contributed by atoms with Crippen LogP contribution >= 0.6 is 0 Å². The van der Waals surface area contributed by atoms with E-state index in [4.69, 9.17) is 15.9 Å². The zero-order chi connectivity index (χ0) is 26.2. The Bertz CT molecular complexity index is 1290. The lowest BCUT2D eigenvalue weighted by molar-refractivity contribution is -0.130. The zero-order valence-electron chi connectivity index (χ0n) is 19.8. The van der Waals surface area contributed by atoms with E-state index in [1.54, 1.807) is 75.4 Å². The van der Waals surface area contributed by atoms with E-state index in [9.17, 15) is 14.4 Å². The molecule has 0 aromatic heterocycles. The van der Waals surface area contributed by atoms with Gasteiger partial charge in [0.05, 0.1) is 0 Å². The fourth-order valence-electron chi connectivity index (χ4n) is 2.12. The molecular formula is C30H24O5. The van der Waals surface area contributed by atoms with Gasteiger partial charge >= 0.3 is 11.9 Å². The summed E-state index contributed by atoms with van der Waals surface area (Å²) in [5.74, 6) is 11.5. The number of hydrogen-bond donors (Lipinski definition) is 0. The predicted molar refractivity (Wildman–Crippen MR) is 137 cm³/mol. The Kier molecular flexibility index (Phi) is 11.9. The van der Waals surface area contributed by atoms with Crippen LogP contribution in [0.3, 0.4) is 0 Å². The minimum atomic E-state index is -0.517. The number of ether oxygens (including phenoxy) is 2. The number of carbonyl (C=O) groups excluding carboxylic acids is 3. The van der Waals surface area contributed by atoms with Crippen LogP contribution in [0.25, 0.3) is 6.08 Å². The Morgan fingerprint density at radius 1 is 0.800 bits per heavy atom. The van der Waals surface area contributed by atoms with Gasteiger partial charge in [-0.2, -0.15) is 0 Å². The van der Waals surface area contributed by atoms with E-state index in [0.29, 0.717) is 28.2 Å². The molecule has 0 saturated carbocycles. The van der Waals surface area contributed by atoms with Crippen molar-refractivity contribution in [3.05, 3.63) is 90.0 Å². The van der Waals surface area contributed by atoms with Crippen LogP contribution in [0.5, 0.6) is 11.5 Å². The average Bonchev–Trinajstić information content (AvgIpc) is 2.84. The minimum absolute atomic E-state index is 0.199. The van der Waals surface area contributed by atoms with Crippen molar-refractivity contribution in [3.63, 3.8) is 0 Å². The number of terminal acetylenes is 1. The molecule has 0 aliphatic rings. The van der Waals surface area contributed by atoms with Crippen molar-refractivity contribution in [2.45, 2.75) is 20.8 Å². The molecule has 0 fully saturated rings. The van der Waals surface area contributed by atoms with E-state index < -0.39 is 11.9 Å². The van der Waals surface area contributed by atoms with E-state index in [-0.39, 0.29) is 5.78 Å².